The third kappa shape index (κ3) is 2.43. The Balaban J connectivity index is 2.22. The van der Waals surface area contributed by atoms with E-state index in [1.165, 1.54) is 0 Å². The molecule has 0 aliphatic carbocycles. The SMILES string of the molecule is CCNCc1cnc(-c2ccccc2Cl)[nH]1. The van der Waals surface area contributed by atoms with Crippen LogP contribution in [0.1, 0.15) is 12.6 Å². The average Bonchev–Trinajstić information content (AvgIpc) is 2.75. The van der Waals surface area contributed by atoms with Gasteiger partial charge in [-0.05, 0) is 18.7 Å². The van der Waals surface area contributed by atoms with E-state index >= 15 is 0 Å². The molecule has 16 heavy (non-hydrogen) atoms. The second-order valence-electron chi connectivity index (χ2n) is 3.52. The van der Waals surface area contributed by atoms with E-state index in [9.17, 15) is 0 Å². The fraction of sp³-hybridized carbons (Fsp3) is 0.250. The molecule has 1 heterocycles. The molecule has 3 nitrogen and oxygen atoms in total. The number of hydrogen-bond acceptors (Lipinski definition) is 2. The van der Waals surface area contributed by atoms with Gasteiger partial charge in [0.15, 0.2) is 0 Å². The molecule has 0 unspecified atom stereocenters. The van der Waals surface area contributed by atoms with Crippen LogP contribution in [0.4, 0.5) is 0 Å². The van der Waals surface area contributed by atoms with Crippen LogP contribution >= 0.6 is 11.6 Å². The summed E-state index contributed by atoms with van der Waals surface area (Å²) in [4.78, 5) is 7.57. The van der Waals surface area contributed by atoms with Crippen molar-refractivity contribution < 1.29 is 0 Å². The molecule has 0 aliphatic rings. The van der Waals surface area contributed by atoms with Crippen molar-refractivity contribution in [3.63, 3.8) is 0 Å². The highest BCUT2D eigenvalue weighted by Gasteiger charge is 2.06. The minimum atomic E-state index is 0.715. The molecule has 0 saturated heterocycles. The number of nitrogens with one attached hydrogen (secondary N) is 2. The minimum Gasteiger partial charge on any atom is -0.341 e. The number of halogens is 1. The third-order valence-corrected chi connectivity index (χ3v) is 2.65. The summed E-state index contributed by atoms with van der Waals surface area (Å²) in [6.45, 7) is 3.82. The molecule has 2 N–H and O–H groups in total. The first-order valence-corrected chi connectivity index (χ1v) is 5.68. The summed E-state index contributed by atoms with van der Waals surface area (Å²) in [5, 5.41) is 3.95. The van der Waals surface area contributed by atoms with Crippen molar-refractivity contribution in [1.82, 2.24) is 15.3 Å². The van der Waals surface area contributed by atoms with E-state index in [1.807, 2.05) is 30.5 Å². The number of imidazole rings is 1. The molecule has 4 heteroatoms. The molecule has 2 aromatic rings. The van der Waals surface area contributed by atoms with Gasteiger partial charge in [0, 0.05) is 24.0 Å². The Morgan fingerprint density at radius 3 is 2.94 bits per heavy atom. The zero-order valence-electron chi connectivity index (χ0n) is 9.13. The molecule has 1 aromatic heterocycles. The number of nitrogens with zero attached hydrogens (tertiary/aromatic N) is 1. The molecule has 2 rings (SSSR count). The van der Waals surface area contributed by atoms with Crippen LogP contribution in [0.25, 0.3) is 11.4 Å². The smallest absolute Gasteiger partial charge is 0.139 e. The molecule has 0 fully saturated rings. The summed E-state index contributed by atoms with van der Waals surface area (Å²) >= 11 is 6.10. The number of aromatic nitrogens is 2. The largest absolute Gasteiger partial charge is 0.341 e. The summed E-state index contributed by atoms with van der Waals surface area (Å²) in [6.07, 6.45) is 1.83. The molecule has 0 bridgehead atoms. The van der Waals surface area contributed by atoms with E-state index in [2.05, 4.69) is 22.2 Å². The Hall–Kier alpha value is -1.32. The van der Waals surface area contributed by atoms with Gasteiger partial charge in [0.05, 0.1) is 5.02 Å². The fourth-order valence-electron chi connectivity index (χ4n) is 1.50. The van der Waals surface area contributed by atoms with Crippen LogP contribution in [0.15, 0.2) is 30.5 Å². The predicted octanol–water partition coefficient (Wildman–Crippen LogP) is 2.84. The van der Waals surface area contributed by atoms with Gasteiger partial charge in [0.25, 0.3) is 0 Å². The van der Waals surface area contributed by atoms with E-state index in [1.54, 1.807) is 0 Å². The first-order valence-electron chi connectivity index (χ1n) is 5.30. The Labute approximate surface area is 99.9 Å². The minimum absolute atomic E-state index is 0.715. The highest BCUT2D eigenvalue weighted by atomic mass is 35.5. The zero-order chi connectivity index (χ0) is 11.4. The van der Waals surface area contributed by atoms with E-state index < -0.39 is 0 Å². The lowest BCUT2D eigenvalue weighted by molar-refractivity contribution is 0.714. The second kappa shape index (κ2) is 5.14. The van der Waals surface area contributed by atoms with Gasteiger partial charge in [-0.2, -0.15) is 0 Å². The number of H-pyrrole nitrogens is 1. The lowest BCUT2D eigenvalue weighted by atomic mass is 10.2. The molecule has 0 spiro atoms. The first-order chi connectivity index (χ1) is 7.81. The highest BCUT2D eigenvalue weighted by molar-refractivity contribution is 6.33. The lowest BCUT2D eigenvalue weighted by Gasteiger charge is -2.00. The van der Waals surface area contributed by atoms with Gasteiger partial charge in [0.1, 0.15) is 5.82 Å². The van der Waals surface area contributed by atoms with E-state index in [0.29, 0.717) is 5.02 Å². The lowest BCUT2D eigenvalue weighted by Crippen LogP contribution is -2.11. The average molecular weight is 236 g/mol. The molecule has 0 atom stereocenters. The predicted molar refractivity (Wildman–Crippen MR) is 66.4 cm³/mol. The summed E-state index contributed by atoms with van der Waals surface area (Å²) in [5.74, 6) is 0.818. The molecule has 0 radical (unpaired) electrons. The van der Waals surface area contributed by atoms with Gasteiger partial charge >= 0.3 is 0 Å². The van der Waals surface area contributed by atoms with Crippen LogP contribution in [0.3, 0.4) is 0 Å². The maximum absolute atomic E-state index is 6.10. The van der Waals surface area contributed by atoms with Crippen molar-refractivity contribution in [3.05, 3.63) is 41.2 Å². The summed E-state index contributed by atoms with van der Waals surface area (Å²) in [5.41, 5.74) is 2.00. The Bertz CT molecular complexity index is 465. The van der Waals surface area contributed by atoms with Gasteiger partial charge < -0.3 is 10.3 Å². The van der Waals surface area contributed by atoms with Gasteiger partial charge in [-0.3, -0.25) is 0 Å². The summed E-state index contributed by atoms with van der Waals surface area (Å²) in [6, 6.07) is 7.68. The van der Waals surface area contributed by atoms with Gasteiger partial charge in [0.2, 0.25) is 0 Å². The van der Waals surface area contributed by atoms with Crippen LogP contribution in [0, 0.1) is 0 Å². The van der Waals surface area contributed by atoms with E-state index in [-0.39, 0.29) is 0 Å². The normalized spacial score (nSPS) is 10.6. The molecule has 0 aliphatic heterocycles. The molecule has 0 amide bonds. The topological polar surface area (TPSA) is 40.7 Å². The van der Waals surface area contributed by atoms with Crippen LogP contribution in [-0.2, 0) is 6.54 Å². The molecule has 84 valence electrons. The number of rotatable bonds is 4. The third-order valence-electron chi connectivity index (χ3n) is 2.32. The Kier molecular flexibility index (Phi) is 3.59. The molecule has 1 aromatic carbocycles. The Morgan fingerprint density at radius 1 is 1.38 bits per heavy atom. The number of aromatic amines is 1. The first kappa shape index (κ1) is 11.2. The molecular weight excluding hydrogens is 222 g/mol. The van der Waals surface area contributed by atoms with Crippen LogP contribution in [-0.4, -0.2) is 16.5 Å². The van der Waals surface area contributed by atoms with Gasteiger partial charge in [-0.1, -0.05) is 30.7 Å². The summed E-state index contributed by atoms with van der Waals surface area (Å²) in [7, 11) is 0. The van der Waals surface area contributed by atoms with Gasteiger partial charge in [-0.15, -0.1) is 0 Å². The second-order valence-corrected chi connectivity index (χ2v) is 3.92. The summed E-state index contributed by atoms with van der Waals surface area (Å²) < 4.78 is 0. The standard InChI is InChI=1S/C12H14ClN3/c1-2-14-7-9-8-15-12(16-9)10-5-3-4-6-11(10)13/h3-6,8,14H,2,7H2,1H3,(H,15,16). The van der Waals surface area contributed by atoms with Crippen LogP contribution in [0.5, 0.6) is 0 Å². The van der Waals surface area contributed by atoms with Crippen LogP contribution < -0.4 is 5.32 Å². The Morgan fingerprint density at radius 2 is 2.19 bits per heavy atom. The quantitative estimate of drug-likeness (QED) is 0.856. The van der Waals surface area contributed by atoms with Crippen molar-refractivity contribution in [3.8, 4) is 11.4 Å². The van der Waals surface area contributed by atoms with Crippen molar-refractivity contribution >= 4 is 11.6 Å². The van der Waals surface area contributed by atoms with Crippen molar-refractivity contribution in [2.75, 3.05) is 6.54 Å². The fourth-order valence-corrected chi connectivity index (χ4v) is 1.72. The zero-order valence-corrected chi connectivity index (χ0v) is 9.88. The van der Waals surface area contributed by atoms with Crippen molar-refractivity contribution in [2.24, 2.45) is 0 Å². The monoisotopic (exact) mass is 235 g/mol. The molecule has 0 saturated carbocycles. The number of benzene rings is 1. The van der Waals surface area contributed by atoms with E-state index in [4.69, 9.17) is 11.6 Å². The van der Waals surface area contributed by atoms with Gasteiger partial charge in [-0.25, -0.2) is 4.98 Å². The number of hydrogen-bond donors (Lipinski definition) is 2. The van der Waals surface area contributed by atoms with Crippen molar-refractivity contribution in [2.45, 2.75) is 13.5 Å². The highest BCUT2D eigenvalue weighted by Crippen LogP contribution is 2.24. The maximum Gasteiger partial charge on any atom is 0.139 e. The van der Waals surface area contributed by atoms with E-state index in [0.717, 1.165) is 30.2 Å². The molecular formula is C12H14ClN3. The van der Waals surface area contributed by atoms with Crippen LogP contribution in [0.2, 0.25) is 5.02 Å². The van der Waals surface area contributed by atoms with Crippen molar-refractivity contribution in [1.29, 1.82) is 0 Å². The maximum atomic E-state index is 6.10.